The average Bonchev–Trinajstić information content (AvgIpc) is 3.96. The number of benzene rings is 11. The highest BCUT2D eigenvalue weighted by atomic mass is 16.3. The molecule has 0 amide bonds. The van der Waals surface area contributed by atoms with Gasteiger partial charge >= 0.3 is 0 Å². The summed E-state index contributed by atoms with van der Waals surface area (Å²) in [6.45, 7) is 0. The van der Waals surface area contributed by atoms with E-state index in [2.05, 4.69) is 211 Å². The second-order valence-electron chi connectivity index (χ2n) is 17.5. The number of fused-ring (bicyclic) bond motifs is 11. The van der Waals surface area contributed by atoms with Crippen LogP contribution in [0.25, 0.3) is 138 Å². The SMILES string of the molecule is c1ccc(-c2cccc(-c3nc(-c4ccccc4-c4ccccc4)nc(-c4cc5cc(-n6c7cc8ccccc8cc7c7ccc8ccccc8c76)ccc5c5c4oc4ccccc45)n3)c2)cc1. The number of nitrogens with zero attached hydrogens (tertiary/aromatic N) is 4. The van der Waals surface area contributed by atoms with Gasteiger partial charge in [0.1, 0.15) is 11.2 Å². The molecular weight excluding hydrogens is 829 g/mol. The topological polar surface area (TPSA) is 56.7 Å². The van der Waals surface area contributed by atoms with Gasteiger partial charge in [-0.05, 0) is 91.6 Å². The van der Waals surface area contributed by atoms with E-state index in [1.165, 1.54) is 37.8 Å². The summed E-state index contributed by atoms with van der Waals surface area (Å²) < 4.78 is 9.36. The van der Waals surface area contributed by atoms with Gasteiger partial charge in [-0.2, -0.15) is 0 Å². The number of aromatic nitrogens is 4. The van der Waals surface area contributed by atoms with Crippen molar-refractivity contribution >= 4 is 76.1 Å². The molecular formula is C63H38N4O. The van der Waals surface area contributed by atoms with Crippen LogP contribution in [0.1, 0.15) is 0 Å². The van der Waals surface area contributed by atoms with E-state index in [4.69, 9.17) is 19.4 Å². The van der Waals surface area contributed by atoms with E-state index in [1.807, 2.05) is 24.3 Å². The molecule has 5 heteroatoms. The fourth-order valence-electron chi connectivity index (χ4n) is 10.4. The summed E-state index contributed by atoms with van der Waals surface area (Å²) in [4.78, 5) is 16.1. The highest BCUT2D eigenvalue weighted by Gasteiger charge is 2.23. The van der Waals surface area contributed by atoms with Crippen molar-refractivity contribution in [3.8, 4) is 62.1 Å². The van der Waals surface area contributed by atoms with Crippen molar-refractivity contribution in [2.75, 3.05) is 0 Å². The molecule has 3 aromatic heterocycles. The van der Waals surface area contributed by atoms with Crippen LogP contribution in [0.4, 0.5) is 0 Å². The van der Waals surface area contributed by atoms with Gasteiger partial charge in [-0.3, -0.25) is 0 Å². The quantitative estimate of drug-likeness (QED) is 0.167. The lowest BCUT2D eigenvalue weighted by Gasteiger charge is -2.14. The van der Waals surface area contributed by atoms with Crippen LogP contribution >= 0.6 is 0 Å². The standard InChI is InChI=1S/C63H38N4O/c1-3-16-39(17-4-1)42-23-15-24-45(34-42)61-64-62(52-27-12-11-25-48(52)40-18-5-2-6-19-40)66-63(65-61)55-37-46-35-47(31-33-49(46)58-53-28-13-14-29-57(53)68-60(55)58)67-56-38-44-22-8-7-21-43(44)36-54(56)51-32-30-41-20-9-10-26-50(41)59(51)67/h1-38H. The highest BCUT2D eigenvalue weighted by molar-refractivity contribution is 6.24. The summed E-state index contributed by atoms with van der Waals surface area (Å²) in [5.41, 5.74) is 11.9. The Hall–Kier alpha value is -9.19. The monoisotopic (exact) mass is 866 g/mol. The van der Waals surface area contributed by atoms with Crippen LogP contribution in [-0.4, -0.2) is 19.5 Å². The largest absolute Gasteiger partial charge is 0.455 e. The van der Waals surface area contributed by atoms with Gasteiger partial charge in [0, 0.05) is 43.7 Å². The van der Waals surface area contributed by atoms with E-state index >= 15 is 0 Å². The molecule has 316 valence electrons. The summed E-state index contributed by atoms with van der Waals surface area (Å²) in [6.07, 6.45) is 0. The Balaban J connectivity index is 1.06. The second kappa shape index (κ2) is 15.2. The third-order valence-electron chi connectivity index (χ3n) is 13.6. The van der Waals surface area contributed by atoms with Crippen LogP contribution in [-0.2, 0) is 0 Å². The van der Waals surface area contributed by atoms with Crippen LogP contribution in [0.2, 0.25) is 0 Å². The maximum atomic E-state index is 6.91. The minimum atomic E-state index is 0.531. The molecule has 0 aliphatic heterocycles. The van der Waals surface area contributed by atoms with Crippen molar-refractivity contribution in [3.63, 3.8) is 0 Å². The number of hydrogen-bond acceptors (Lipinski definition) is 4. The van der Waals surface area contributed by atoms with Crippen LogP contribution in [0.15, 0.2) is 235 Å². The van der Waals surface area contributed by atoms with Crippen molar-refractivity contribution in [3.05, 3.63) is 231 Å². The first-order valence-corrected chi connectivity index (χ1v) is 23.0. The number of furan rings is 1. The zero-order valence-electron chi connectivity index (χ0n) is 36.6. The van der Waals surface area contributed by atoms with Gasteiger partial charge in [-0.1, -0.05) is 188 Å². The molecule has 0 N–H and O–H groups in total. The van der Waals surface area contributed by atoms with E-state index in [0.29, 0.717) is 17.5 Å². The average molecular weight is 867 g/mol. The summed E-state index contributed by atoms with van der Waals surface area (Å²) in [5, 5.41) is 11.5. The highest BCUT2D eigenvalue weighted by Crippen LogP contribution is 2.44. The molecule has 0 saturated carbocycles. The van der Waals surface area contributed by atoms with Crippen molar-refractivity contribution in [2.45, 2.75) is 0 Å². The molecule has 5 nitrogen and oxygen atoms in total. The Kier molecular flexibility index (Phi) is 8.52. The number of hydrogen-bond donors (Lipinski definition) is 0. The van der Waals surface area contributed by atoms with Crippen molar-refractivity contribution in [1.29, 1.82) is 0 Å². The zero-order chi connectivity index (χ0) is 44.7. The van der Waals surface area contributed by atoms with E-state index in [0.717, 1.165) is 82.9 Å². The van der Waals surface area contributed by atoms with Gasteiger partial charge in [-0.25, -0.2) is 15.0 Å². The maximum absolute atomic E-state index is 6.91. The molecule has 14 aromatic rings. The molecule has 0 radical (unpaired) electrons. The lowest BCUT2D eigenvalue weighted by Crippen LogP contribution is -2.01. The summed E-state index contributed by atoms with van der Waals surface area (Å²) >= 11 is 0. The minimum Gasteiger partial charge on any atom is -0.455 e. The normalized spacial score (nSPS) is 11.8. The van der Waals surface area contributed by atoms with Gasteiger partial charge in [0.05, 0.1) is 16.6 Å². The zero-order valence-corrected chi connectivity index (χ0v) is 36.6. The second-order valence-corrected chi connectivity index (χ2v) is 17.5. The molecule has 0 saturated heterocycles. The smallest absolute Gasteiger partial charge is 0.167 e. The number of para-hydroxylation sites is 1. The lowest BCUT2D eigenvalue weighted by molar-refractivity contribution is 0.670. The first kappa shape index (κ1) is 38.1. The molecule has 0 fully saturated rings. The first-order chi connectivity index (χ1) is 33.7. The lowest BCUT2D eigenvalue weighted by atomic mass is 9.98. The molecule has 0 unspecified atom stereocenters. The molecule has 0 aliphatic rings. The Labute approximate surface area is 390 Å². The van der Waals surface area contributed by atoms with Crippen LogP contribution in [0.3, 0.4) is 0 Å². The van der Waals surface area contributed by atoms with Gasteiger partial charge < -0.3 is 8.98 Å². The van der Waals surface area contributed by atoms with Crippen LogP contribution in [0, 0.1) is 0 Å². The predicted octanol–water partition coefficient (Wildman–Crippen LogP) is 16.7. The third-order valence-corrected chi connectivity index (χ3v) is 13.6. The van der Waals surface area contributed by atoms with E-state index < -0.39 is 0 Å². The van der Waals surface area contributed by atoms with E-state index in [-0.39, 0.29) is 0 Å². The Morgan fingerprint density at radius 2 is 0.941 bits per heavy atom. The Bertz CT molecular complexity index is 4320. The number of rotatable bonds is 6. The van der Waals surface area contributed by atoms with Crippen molar-refractivity contribution in [2.24, 2.45) is 0 Å². The molecule has 0 aliphatic carbocycles. The molecule has 0 atom stereocenters. The predicted molar refractivity (Wildman–Crippen MR) is 281 cm³/mol. The Morgan fingerprint density at radius 1 is 0.324 bits per heavy atom. The van der Waals surface area contributed by atoms with Gasteiger partial charge in [-0.15, -0.1) is 0 Å². The molecule has 68 heavy (non-hydrogen) atoms. The Morgan fingerprint density at radius 3 is 1.76 bits per heavy atom. The fourth-order valence-corrected chi connectivity index (χ4v) is 10.4. The molecule has 0 spiro atoms. The minimum absolute atomic E-state index is 0.531. The van der Waals surface area contributed by atoms with E-state index in [9.17, 15) is 0 Å². The fraction of sp³-hybridized carbons (Fsp3) is 0. The van der Waals surface area contributed by atoms with Gasteiger partial charge in [0.15, 0.2) is 17.5 Å². The molecule has 14 rings (SSSR count). The van der Waals surface area contributed by atoms with Crippen molar-refractivity contribution < 1.29 is 4.42 Å². The molecule has 11 aromatic carbocycles. The summed E-state index contributed by atoms with van der Waals surface area (Å²) in [6, 6.07) is 81.6. The molecule has 0 bridgehead atoms. The summed E-state index contributed by atoms with van der Waals surface area (Å²) in [7, 11) is 0. The van der Waals surface area contributed by atoms with Crippen LogP contribution < -0.4 is 0 Å². The van der Waals surface area contributed by atoms with Gasteiger partial charge in [0.25, 0.3) is 0 Å². The maximum Gasteiger partial charge on any atom is 0.167 e. The first-order valence-electron chi connectivity index (χ1n) is 23.0. The van der Waals surface area contributed by atoms with Gasteiger partial charge in [0.2, 0.25) is 0 Å². The van der Waals surface area contributed by atoms with Crippen LogP contribution in [0.5, 0.6) is 0 Å². The van der Waals surface area contributed by atoms with Crippen molar-refractivity contribution in [1.82, 2.24) is 19.5 Å². The third kappa shape index (κ3) is 6.06. The van der Waals surface area contributed by atoms with E-state index in [1.54, 1.807) is 0 Å². The summed E-state index contributed by atoms with van der Waals surface area (Å²) in [5.74, 6) is 1.69. The molecule has 3 heterocycles.